The number of carbonyl (C=O) groups is 1. The number of nitrogen functional groups attached to an aromatic ring is 1. The zero-order valence-corrected chi connectivity index (χ0v) is 12.3. The van der Waals surface area contributed by atoms with Crippen LogP contribution in [0.25, 0.3) is 10.8 Å². The molecule has 4 nitrogen and oxygen atoms in total. The van der Waals surface area contributed by atoms with Gasteiger partial charge >= 0.3 is 0 Å². The van der Waals surface area contributed by atoms with Crippen LogP contribution in [0.3, 0.4) is 0 Å². The Labute approximate surface area is 132 Å². The lowest BCUT2D eigenvalue weighted by atomic mass is 10.1. The fraction of sp³-hybridized carbons (Fsp3) is 0. The quantitative estimate of drug-likeness (QED) is 0.425. The summed E-state index contributed by atoms with van der Waals surface area (Å²) in [6.45, 7) is 0. The lowest BCUT2D eigenvalue weighted by Gasteiger charge is -2.17. The molecular formula is C17H13ClN2O2. The van der Waals surface area contributed by atoms with E-state index in [0.29, 0.717) is 15.6 Å². The number of fused-ring (bicyclic) bond motifs is 1. The molecule has 3 N–H and O–H groups in total. The second-order valence-corrected chi connectivity index (χ2v) is 5.32. The van der Waals surface area contributed by atoms with Gasteiger partial charge in [0.05, 0.1) is 11.4 Å². The fourth-order valence-corrected chi connectivity index (χ4v) is 2.45. The molecule has 3 aromatic carbocycles. The number of amides is 1. The zero-order chi connectivity index (χ0) is 15.7. The van der Waals surface area contributed by atoms with Crippen LogP contribution in [0.15, 0.2) is 60.7 Å². The molecule has 0 spiro atoms. The molecule has 0 fully saturated rings. The topological polar surface area (TPSA) is 66.6 Å². The minimum absolute atomic E-state index is 0.197. The summed E-state index contributed by atoms with van der Waals surface area (Å²) >= 11 is 5.82. The minimum atomic E-state index is -0.556. The molecule has 0 aliphatic carbocycles. The first kappa shape index (κ1) is 14.4. The van der Waals surface area contributed by atoms with Gasteiger partial charge in [-0.3, -0.25) is 10.0 Å². The Morgan fingerprint density at radius 2 is 1.73 bits per heavy atom. The van der Waals surface area contributed by atoms with E-state index in [9.17, 15) is 10.0 Å². The van der Waals surface area contributed by atoms with Gasteiger partial charge in [0, 0.05) is 10.6 Å². The molecule has 110 valence electrons. The van der Waals surface area contributed by atoms with Crippen molar-refractivity contribution in [3.05, 3.63) is 71.2 Å². The summed E-state index contributed by atoms with van der Waals surface area (Å²) in [6.07, 6.45) is 0. The van der Waals surface area contributed by atoms with Crippen molar-refractivity contribution in [2.75, 3.05) is 10.8 Å². The average molecular weight is 313 g/mol. The van der Waals surface area contributed by atoms with Crippen molar-refractivity contribution in [3.8, 4) is 0 Å². The molecule has 0 saturated heterocycles. The maximum atomic E-state index is 12.4. The molecule has 0 saturated carbocycles. The second-order valence-electron chi connectivity index (χ2n) is 4.88. The van der Waals surface area contributed by atoms with Gasteiger partial charge in [0.25, 0.3) is 5.91 Å². The molecule has 0 atom stereocenters. The first-order valence-corrected chi connectivity index (χ1v) is 7.01. The Morgan fingerprint density at radius 3 is 2.45 bits per heavy atom. The van der Waals surface area contributed by atoms with Crippen molar-refractivity contribution in [2.24, 2.45) is 0 Å². The van der Waals surface area contributed by atoms with Crippen molar-refractivity contribution in [2.45, 2.75) is 0 Å². The van der Waals surface area contributed by atoms with Gasteiger partial charge in [0.15, 0.2) is 0 Å². The van der Waals surface area contributed by atoms with Crippen LogP contribution in [0.5, 0.6) is 0 Å². The molecular weight excluding hydrogens is 300 g/mol. The molecule has 0 aliphatic heterocycles. The highest BCUT2D eigenvalue weighted by atomic mass is 35.5. The first-order valence-electron chi connectivity index (χ1n) is 6.63. The third kappa shape index (κ3) is 2.62. The summed E-state index contributed by atoms with van der Waals surface area (Å²) in [6, 6.07) is 17.5. The van der Waals surface area contributed by atoms with Crippen molar-refractivity contribution in [1.29, 1.82) is 0 Å². The highest BCUT2D eigenvalue weighted by molar-refractivity contribution is 6.31. The van der Waals surface area contributed by atoms with Gasteiger partial charge in [0.2, 0.25) is 0 Å². The van der Waals surface area contributed by atoms with Gasteiger partial charge in [-0.1, -0.05) is 41.9 Å². The SMILES string of the molecule is Nc1cc(Cl)ccc1N(O)C(=O)c1ccc2ccccc2c1. The Balaban J connectivity index is 1.97. The molecule has 0 aromatic heterocycles. The van der Waals surface area contributed by atoms with Gasteiger partial charge in [-0.05, 0) is 41.1 Å². The van der Waals surface area contributed by atoms with Crippen molar-refractivity contribution < 1.29 is 10.0 Å². The summed E-state index contributed by atoms with van der Waals surface area (Å²) in [5, 5.41) is 13.1. The number of anilines is 2. The van der Waals surface area contributed by atoms with E-state index in [2.05, 4.69) is 0 Å². The molecule has 22 heavy (non-hydrogen) atoms. The number of hydroxylamine groups is 1. The van der Waals surface area contributed by atoms with E-state index in [1.165, 1.54) is 12.1 Å². The first-order chi connectivity index (χ1) is 10.6. The third-order valence-corrected chi connectivity index (χ3v) is 3.64. The molecule has 0 unspecified atom stereocenters. The lowest BCUT2D eigenvalue weighted by molar-refractivity contribution is 0.0855. The van der Waals surface area contributed by atoms with E-state index in [-0.39, 0.29) is 11.4 Å². The highest BCUT2D eigenvalue weighted by Crippen LogP contribution is 2.27. The number of carbonyl (C=O) groups excluding carboxylic acids is 1. The largest absolute Gasteiger partial charge is 0.397 e. The van der Waals surface area contributed by atoms with E-state index in [1.54, 1.807) is 18.2 Å². The normalized spacial score (nSPS) is 10.6. The summed E-state index contributed by atoms with van der Waals surface area (Å²) in [5.74, 6) is -0.556. The number of nitrogens with zero attached hydrogens (tertiary/aromatic N) is 1. The van der Waals surface area contributed by atoms with E-state index in [1.807, 2.05) is 30.3 Å². The van der Waals surface area contributed by atoms with Crippen LogP contribution in [-0.2, 0) is 0 Å². The predicted octanol–water partition coefficient (Wildman–Crippen LogP) is 4.11. The summed E-state index contributed by atoms with van der Waals surface area (Å²) in [4.78, 5) is 12.4. The molecule has 1 amide bonds. The highest BCUT2D eigenvalue weighted by Gasteiger charge is 2.18. The summed E-state index contributed by atoms with van der Waals surface area (Å²) in [5.41, 5.74) is 6.58. The Kier molecular flexibility index (Phi) is 3.71. The van der Waals surface area contributed by atoms with Gasteiger partial charge in [-0.2, -0.15) is 5.06 Å². The van der Waals surface area contributed by atoms with E-state index >= 15 is 0 Å². The van der Waals surface area contributed by atoms with Crippen LogP contribution in [-0.4, -0.2) is 11.1 Å². The molecule has 0 bridgehead atoms. The second kappa shape index (κ2) is 5.67. The number of rotatable bonds is 2. The van der Waals surface area contributed by atoms with Crippen LogP contribution in [0, 0.1) is 0 Å². The van der Waals surface area contributed by atoms with Crippen LogP contribution >= 0.6 is 11.6 Å². The van der Waals surface area contributed by atoms with Gasteiger partial charge in [0.1, 0.15) is 0 Å². The zero-order valence-electron chi connectivity index (χ0n) is 11.5. The van der Waals surface area contributed by atoms with Crippen molar-refractivity contribution in [3.63, 3.8) is 0 Å². The van der Waals surface area contributed by atoms with Gasteiger partial charge < -0.3 is 5.73 Å². The molecule has 3 aromatic rings. The molecule has 0 heterocycles. The smallest absolute Gasteiger partial charge is 0.282 e. The predicted molar refractivity (Wildman–Crippen MR) is 88.4 cm³/mol. The average Bonchev–Trinajstić information content (AvgIpc) is 2.53. The van der Waals surface area contributed by atoms with Crippen LogP contribution in [0.1, 0.15) is 10.4 Å². The van der Waals surface area contributed by atoms with Crippen molar-refractivity contribution >= 4 is 39.7 Å². The van der Waals surface area contributed by atoms with E-state index < -0.39 is 5.91 Å². The fourth-order valence-electron chi connectivity index (χ4n) is 2.27. The number of halogens is 1. The van der Waals surface area contributed by atoms with Gasteiger partial charge in [-0.15, -0.1) is 0 Å². The number of hydrogen-bond acceptors (Lipinski definition) is 3. The lowest BCUT2D eigenvalue weighted by Crippen LogP contribution is -2.27. The van der Waals surface area contributed by atoms with Crippen LogP contribution in [0.4, 0.5) is 11.4 Å². The third-order valence-electron chi connectivity index (χ3n) is 3.41. The standard InChI is InChI=1S/C17H13ClN2O2/c18-14-7-8-16(15(19)10-14)20(22)17(21)13-6-5-11-3-1-2-4-12(11)9-13/h1-10,22H,19H2. The van der Waals surface area contributed by atoms with Crippen molar-refractivity contribution in [1.82, 2.24) is 0 Å². The van der Waals surface area contributed by atoms with Crippen LogP contribution < -0.4 is 10.8 Å². The molecule has 0 aliphatic rings. The number of benzene rings is 3. The van der Waals surface area contributed by atoms with E-state index in [0.717, 1.165) is 10.8 Å². The molecule has 0 radical (unpaired) electrons. The summed E-state index contributed by atoms with van der Waals surface area (Å²) in [7, 11) is 0. The Morgan fingerprint density at radius 1 is 1.00 bits per heavy atom. The Hall–Kier alpha value is -2.56. The monoisotopic (exact) mass is 312 g/mol. The maximum Gasteiger partial charge on any atom is 0.282 e. The minimum Gasteiger partial charge on any atom is -0.397 e. The molecule has 5 heteroatoms. The maximum absolute atomic E-state index is 12.4. The molecule has 3 rings (SSSR count). The Bertz CT molecular complexity index is 864. The summed E-state index contributed by atoms with van der Waals surface area (Å²) < 4.78 is 0. The van der Waals surface area contributed by atoms with Crippen LogP contribution in [0.2, 0.25) is 5.02 Å². The van der Waals surface area contributed by atoms with E-state index in [4.69, 9.17) is 17.3 Å². The number of hydrogen-bond donors (Lipinski definition) is 2. The number of nitrogens with two attached hydrogens (primary N) is 1. The van der Waals surface area contributed by atoms with Gasteiger partial charge in [-0.25, -0.2) is 0 Å².